The van der Waals surface area contributed by atoms with Gasteiger partial charge >= 0.3 is 5.84 Å². The van der Waals surface area contributed by atoms with Gasteiger partial charge in [0.05, 0.1) is 6.54 Å². The minimum absolute atomic E-state index is 0.125. The Balaban J connectivity index is 2.25. The lowest BCUT2D eigenvalue weighted by atomic mass is 10.3. The quantitative estimate of drug-likeness (QED) is 0.395. The summed E-state index contributed by atoms with van der Waals surface area (Å²) >= 11 is 1.48. The highest BCUT2D eigenvalue weighted by molar-refractivity contribution is 7.09. The van der Waals surface area contributed by atoms with Crippen LogP contribution in [0.5, 0.6) is 0 Å². The summed E-state index contributed by atoms with van der Waals surface area (Å²) in [7, 11) is 0. The average Bonchev–Trinajstić information content (AvgIpc) is 2.87. The summed E-state index contributed by atoms with van der Waals surface area (Å²) in [5.41, 5.74) is 10.9. The van der Waals surface area contributed by atoms with Crippen LogP contribution in [-0.4, -0.2) is 44.2 Å². The molecule has 0 saturated heterocycles. The van der Waals surface area contributed by atoms with Gasteiger partial charge in [-0.05, 0) is 11.4 Å². The van der Waals surface area contributed by atoms with Gasteiger partial charge in [0.15, 0.2) is 5.84 Å². The largest absolute Gasteiger partial charge is 0.714 e. The molecule has 1 aliphatic rings. The van der Waals surface area contributed by atoms with Gasteiger partial charge in [0.2, 0.25) is 6.17 Å². The van der Waals surface area contributed by atoms with Crippen LogP contribution >= 0.6 is 11.3 Å². The van der Waals surface area contributed by atoms with Gasteiger partial charge in [0.25, 0.3) is 6.23 Å². The van der Waals surface area contributed by atoms with E-state index in [1.54, 1.807) is 0 Å². The average molecular weight is 271 g/mol. The van der Waals surface area contributed by atoms with Crippen LogP contribution in [0.3, 0.4) is 0 Å². The fraction of sp³-hybridized carbons (Fsp3) is 0.333. The summed E-state index contributed by atoms with van der Waals surface area (Å²) in [6.45, 7) is 0.262. The molecule has 1 aliphatic heterocycles. The Kier molecular flexibility index (Phi) is 3.48. The third-order valence-electron chi connectivity index (χ3n) is 2.48. The summed E-state index contributed by atoms with van der Waals surface area (Å²) in [5.74, 6) is -0.597. The molecule has 0 spiro atoms. The van der Waals surface area contributed by atoms with Crippen LogP contribution in [-0.2, 0) is 6.54 Å². The minimum Gasteiger partial charge on any atom is -0.714 e. The number of thiophene rings is 1. The molecule has 2 heterocycles. The zero-order valence-corrected chi connectivity index (χ0v) is 10.1. The molecule has 0 amide bonds. The van der Waals surface area contributed by atoms with Gasteiger partial charge in [-0.2, -0.15) is 5.06 Å². The molecule has 1 aromatic rings. The first-order valence-electron chi connectivity index (χ1n) is 5.09. The fourth-order valence-corrected chi connectivity index (χ4v) is 2.12. The van der Waals surface area contributed by atoms with E-state index in [0.29, 0.717) is 5.06 Å². The Hall–Kier alpha value is -1.68. The summed E-state index contributed by atoms with van der Waals surface area (Å²) < 4.78 is 0.227. The molecule has 2 unspecified atom stereocenters. The lowest BCUT2D eigenvalue weighted by molar-refractivity contribution is -0.495. The molecule has 9 heteroatoms. The lowest BCUT2D eigenvalue weighted by Gasteiger charge is -2.33. The van der Waals surface area contributed by atoms with Crippen molar-refractivity contribution >= 4 is 23.0 Å². The van der Waals surface area contributed by atoms with E-state index < -0.39 is 18.2 Å². The predicted octanol–water partition coefficient (Wildman–Crippen LogP) is -1.18. The molecule has 0 saturated carbocycles. The molecule has 0 fully saturated rings. The maximum atomic E-state index is 11.5. The van der Waals surface area contributed by atoms with E-state index >= 15 is 0 Å². The third kappa shape index (κ3) is 2.16. The van der Waals surface area contributed by atoms with Gasteiger partial charge in [-0.15, -0.1) is 11.3 Å². The fourth-order valence-electron chi connectivity index (χ4n) is 1.49. The van der Waals surface area contributed by atoms with Crippen molar-refractivity contribution in [2.24, 2.45) is 16.5 Å². The van der Waals surface area contributed by atoms with Gasteiger partial charge in [0.1, 0.15) is 0 Å². The number of hydrogen-bond donors (Lipinski definition) is 4. The molecule has 8 nitrogen and oxygen atoms in total. The maximum absolute atomic E-state index is 11.5. The monoisotopic (exact) mass is 271 g/mol. The second-order valence-electron chi connectivity index (χ2n) is 3.67. The minimum atomic E-state index is -1.63. The molecule has 18 heavy (non-hydrogen) atoms. The normalized spacial score (nSPS) is 27.1. The van der Waals surface area contributed by atoms with Crippen molar-refractivity contribution in [3.05, 3.63) is 27.6 Å². The molecule has 2 rings (SSSR count). The SMILES string of the molecule is NC1=[N+]([O-])C(N)C(=NCc2cccs2)N(O)C1O. The standard InChI is InChI=1S/C9H13N5O3S/c10-6-8(12-4-5-2-1-3-18-5)14(17)9(15)7(11)13(6)16/h1-3,6,9,15,17H,4,10-11H2. The first kappa shape index (κ1) is 12.8. The summed E-state index contributed by atoms with van der Waals surface area (Å²) in [4.78, 5) is 4.97. The van der Waals surface area contributed by atoms with Crippen molar-refractivity contribution in [2.45, 2.75) is 18.9 Å². The Morgan fingerprint density at radius 1 is 1.61 bits per heavy atom. The van der Waals surface area contributed by atoms with Crippen LogP contribution in [0.25, 0.3) is 0 Å². The van der Waals surface area contributed by atoms with Gasteiger partial charge in [-0.1, -0.05) is 6.07 Å². The second kappa shape index (κ2) is 4.90. The number of nitrogens with two attached hydrogens (primary N) is 2. The van der Waals surface area contributed by atoms with Crippen LogP contribution in [0.4, 0.5) is 0 Å². The third-order valence-corrected chi connectivity index (χ3v) is 3.34. The van der Waals surface area contributed by atoms with E-state index in [4.69, 9.17) is 11.5 Å². The Morgan fingerprint density at radius 2 is 2.33 bits per heavy atom. The van der Waals surface area contributed by atoms with Crippen LogP contribution in [0.1, 0.15) is 4.88 Å². The van der Waals surface area contributed by atoms with Crippen molar-refractivity contribution in [2.75, 3.05) is 0 Å². The molecule has 0 radical (unpaired) electrons. The van der Waals surface area contributed by atoms with Crippen molar-refractivity contribution in [3.63, 3.8) is 0 Å². The molecular weight excluding hydrogens is 258 g/mol. The molecule has 6 N–H and O–H groups in total. The van der Waals surface area contributed by atoms with E-state index in [9.17, 15) is 15.5 Å². The van der Waals surface area contributed by atoms with E-state index in [1.807, 2.05) is 17.5 Å². The Bertz CT molecular complexity index is 486. The number of hydrogen-bond acceptors (Lipinski definition) is 7. The Morgan fingerprint density at radius 3 is 2.94 bits per heavy atom. The number of amidine groups is 2. The zero-order chi connectivity index (χ0) is 13.3. The van der Waals surface area contributed by atoms with Crippen LogP contribution in [0, 0.1) is 5.21 Å². The highest BCUT2D eigenvalue weighted by Gasteiger charge is 2.37. The van der Waals surface area contributed by atoms with E-state index in [1.165, 1.54) is 11.3 Å². The highest BCUT2D eigenvalue weighted by Crippen LogP contribution is 2.12. The molecule has 0 aliphatic carbocycles. The second-order valence-corrected chi connectivity index (χ2v) is 4.70. The Labute approximate surface area is 107 Å². The van der Waals surface area contributed by atoms with E-state index in [0.717, 1.165) is 4.88 Å². The van der Waals surface area contributed by atoms with Gasteiger partial charge < -0.3 is 10.3 Å². The summed E-state index contributed by atoms with van der Waals surface area (Å²) in [6, 6.07) is 3.72. The van der Waals surface area contributed by atoms with Gasteiger partial charge in [-0.25, -0.2) is 4.74 Å². The van der Waals surface area contributed by atoms with E-state index in [-0.39, 0.29) is 17.1 Å². The van der Waals surface area contributed by atoms with Crippen LogP contribution < -0.4 is 11.5 Å². The maximum Gasteiger partial charge on any atom is 0.300 e. The number of hydroxylamine groups is 3. The smallest absolute Gasteiger partial charge is 0.300 e. The van der Waals surface area contributed by atoms with Gasteiger partial charge in [0, 0.05) is 4.88 Å². The molecule has 0 bridgehead atoms. The van der Waals surface area contributed by atoms with Crippen LogP contribution in [0.15, 0.2) is 22.5 Å². The number of rotatable bonds is 2. The first-order valence-corrected chi connectivity index (χ1v) is 5.97. The number of aliphatic imine (C=N–C) groups is 1. The number of aliphatic hydroxyl groups excluding tert-OH is 1. The first-order chi connectivity index (χ1) is 8.52. The van der Waals surface area contributed by atoms with Crippen molar-refractivity contribution < 1.29 is 15.1 Å². The zero-order valence-electron chi connectivity index (χ0n) is 9.30. The number of nitrogens with zero attached hydrogens (tertiary/aromatic N) is 3. The topological polar surface area (TPSA) is 134 Å². The molecular formula is C9H13N5O3S. The predicted molar refractivity (Wildman–Crippen MR) is 65.9 cm³/mol. The van der Waals surface area contributed by atoms with Crippen molar-refractivity contribution in [1.29, 1.82) is 0 Å². The summed E-state index contributed by atoms with van der Waals surface area (Å²) in [6.07, 6.45) is -2.87. The van der Waals surface area contributed by atoms with Crippen LogP contribution in [0.2, 0.25) is 0 Å². The van der Waals surface area contributed by atoms with Gasteiger partial charge in [-0.3, -0.25) is 21.7 Å². The van der Waals surface area contributed by atoms with Crippen molar-refractivity contribution in [1.82, 2.24) is 5.06 Å². The lowest BCUT2D eigenvalue weighted by Crippen LogP contribution is -2.63. The highest BCUT2D eigenvalue weighted by atomic mass is 32.1. The summed E-state index contributed by atoms with van der Waals surface area (Å²) in [5, 5.41) is 32.9. The molecule has 1 aromatic heterocycles. The van der Waals surface area contributed by atoms with Crippen molar-refractivity contribution in [3.8, 4) is 0 Å². The molecule has 98 valence electrons. The number of aliphatic hydroxyl groups is 1. The molecule has 2 atom stereocenters. The van der Waals surface area contributed by atoms with E-state index in [2.05, 4.69) is 4.99 Å². The molecule has 0 aromatic carbocycles.